The molecule has 0 spiro atoms. The first-order valence-corrected chi connectivity index (χ1v) is 12.3. The molecule has 37 heavy (non-hydrogen) atoms. The van der Waals surface area contributed by atoms with Crippen LogP contribution in [0.25, 0.3) is 0 Å². The predicted molar refractivity (Wildman–Crippen MR) is 129 cm³/mol. The largest absolute Gasteiger partial charge is 0.377 e. The molecule has 0 aromatic carbocycles. The third kappa shape index (κ3) is 8.73. The van der Waals surface area contributed by atoms with E-state index in [4.69, 9.17) is 61.6 Å². The molecule has 10 atom stereocenters. The Balaban J connectivity index is 1.66. The molecular weight excluding hydrogens is 496 g/mol. The topological polar surface area (TPSA) is 120 Å². The van der Waals surface area contributed by atoms with E-state index in [9.17, 15) is 0 Å². The Kier molecular flexibility index (Phi) is 15.9. The van der Waals surface area contributed by atoms with E-state index in [0.717, 1.165) is 0 Å². The van der Waals surface area contributed by atoms with Gasteiger partial charge in [0.2, 0.25) is 0 Å². The Morgan fingerprint density at radius 1 is 0.378 bits per heavy atom. The highest BCUT2D eigenvalue weighted by atomic mass is 16.7. The predicted octanol–water partition coefficient (Wildman–Crippen LogP) is -0.131. The fourth-order valence-corrected chi connectivity index (χ4v) is 4.74. The average molecular weight is 543 g/mol. The zero-order chi connectivity index (χ0) is 27.2. The van der Waals surface area contributed by atoms with Gasteiger partial charge in [0.15, 0.2) is 12.6 Å². The molecule has 13 heteroatoms. The Morgan fingerprint density at radius 3 is 1.00 bits per heavy atom. The molecule has 2 rings (SSSR count). The van der Waals surface area contributed by atoms with Crippen LogP contribution in [-0.4, -0.2) is 158 Å². The summed E-state index contributed by atoms with van der Waals surface area (Å²) in [6, 6.07) is 0. The van der Waals surface area contributed by atoms with E-state index in [1.165, 1.54) is 0 Å². The smallest absolute Gasteiger partial charge is 0.186 e. The summed E-state index contributed by atoms with van der Waals surface area (Å²) in [7, 11) is 12.7. The molecule has 0 N–H and O–H groups in total. The summed E-state index contributed by atoms with van der Waals surface area (Å²) in [6.07, 6.45) is -4.25. The number of methoxy groups -OCH3 is 8. The van der Waals surface area contributed by atoms with Gasteiger partial charge in [-0.1, -0.05) is 0 Å². The number of ether oxygens (including phenoxy) is 13. The van der Waals surface area contributed by atoms with Crippen LogP contribution in [0.4, 0.5) is 0 Å². The summed E-state index contributed by atoms with van der Waals surface area (Å²) in [4.78, 5) is 0. The third-order valence-corrected chi connectivity index (χ3v) is 6.59. The lowest BCUT2D eigenvalue weighted by atomic mass is 9.98. The Hall–Kier alpha value is -0.520. The Labute approximate surface area is 220 Å². The van der Waals surface area contributed by atoms with Gasteiger partial charge in [-0.05, 0) is 0 Å². The zero-order valence-electron chi connectivity index (χ0n) is 23.3. The third-order valence-electron chi connectivity index (χ3n) is 6.59. The summed E-state index contributed by atoms with van der Waals surface area (Å²) in [6.45, 7) is 2.11. The summed E-state index contributed by atoms with van der Waals surface area (Å²) in [5.74, 6) is 0. The van der Waals surface area contributed by atoms with Crippen LogP contribution < -0.4 is 0 Å². The second-order valence-electron chi connectivity index (χ2n) is 8.52. The molecule has 0 radical (unpaired) electrons. The van der Waals surface area contributed by atoms with Gasteiger partial charge in [0.05, 0.1) is 39.6 Å². The summed E-state index contributed by atoms with van der Waals surface area (Å²) < 4.78 is 73.3. The lowest BCUT2D eigenvalue weighted by Crippen LogP contribution is -2.61. The van der Waals surface area contributed by atoms with Crippen molar-refractivity contribution in [3.8, 4) is 0 Å². The summed E-state index contributed by atoms with van der Waals surface area (Å²) >= 11 is 0. The minimum absolute atomic E-state index is 0.287. The molecule has 13 nitrogen and oxygen atoms in total. The van der Waals surface area contributed by atoms with Gasteiger partial charge in [-0.2, -0.15) is 0 Å². The molecule has 0 amide bonds. The maximum absolute atomic E-state index is 5.97. The van der Waals surface area contributed by atoms with Crippen LogP contribution in [-0.2, 0) is 61.6 Å². The van der Waals surface area contributed by atoms with Crippen molar-refractivity contribution in [3.63, 3.8) is 0 Å². The summed E-state index contributed by atoms with van der Waals surface area (Å²) in [5.41, 5.74) is 0. The molecule has 0 aliphatic carbocycles. The molecule has 0 aromatic heterocycles. The van der Waals surface area contributed by atoms with E-state index in [0.29, 0.717) is 26.4 Å². The average Bonchev–Trinajstić information content (AvgIpc) is 2.93. The molecule has 0 saturated carbocycles. The maximum atomic E-state index is 5.97. The van der Waals surface area contributed by atoms with E-state index >= 15 is 0 Å². The second-order valence-corrected chi connectivity index (χ2v) is 8.52. The number of hydrogen-bond acceptors (Lipinski definition) is 13. The number of rotatable bonds is 18. The summed E-state index contributed by atoms with van der Waals surface area (Å²) in [5, 5.41) is 0. The van der Waals surface area contributed by atoms with E-state index < -0.39 is 24.8 Å². The highest BCUT2D eigenvalue weighted by Gasteiger charge is 2.48. The first-order valence-electron chi connectivity index (χ1n) is 12.3. The Morgan fingerprint density at radius 2 is 0.703 bits per heavy atom. The molecule has 2 fully saturated rings. The molecule has 2 aliphatic rings. The van der Waals surface area contributed by atoms with E-state index in [1.807, 2.05) is 0 Å². The van der Waals surface area contributed by atoms with Crippen LogP contribution in [0, 0.1) is 0 Å². The van der Waals surface area contributed by atoms with Crippen LogP contribution in [0.3, 0.4) is 0 Å². The zero-order valence-corrected chi connectivity index (χ0v) is 23.3. The van der Waals surface area contributed by atoms with Gasteiger partial charge in [-0.15, -0.1) is 0 Å². The van der Waals surface area contributed by atoms with Crippen LogP contribution >= 0.6 is 0 Å². The SMILES string of the molecule is CO[C@H]1O[C@H](COCCOCCOC[C@H]2O[C@H](OC)[C@@H](OC)[C@@H](OC)[C@@H]2OC)[C@@H](OC)[C@H](OC)[C@@H]1OC. The molecular formula is C24H46O13. The van der Waals surface area contributed by atoms with Crippen molar-refractivity contribution in [2.24, 2.45) is 0 Å². The quantitative estimate of drug-likeness (QED) is 0.214. The fourth-order valence-electron chi connectivity index (χ4n) is 4.74. The van der Waals surface area contributed by atoms with Crippen LogP contribution in [0.15, 0.2) is 0 Å². The van der Waals surface area contributed by atoms with E-state index in [-0.39, 0.29) is 49.8 Å². The van der Waals surface area contributed by atoms with E-state index in [1.54, 1.807) is 56.9 Å². The normalized spacial score (nSPS) is 36.6. The van der Waals surface area contributed by atoms with Crippen LogP contribution in [0.1, 0.15) is 0 Å². The molecule has 2 heterocycles. The molecule has 0 unspecified atom stereocenters. The van der Waals surface area contributed by atoms with Crippen molar-refractivity contribution < 1.29 is 61.6 Å². The first kappa shape index (κ1) is 32.7. The minimum Gasteiger partial charge on any atom is -0.377 e. The van der Waals surface area contributed by atoms with Gasteiger partial charge in [0, 0.05) is 56.9 Å². The highest BCUT2D eigenvalue weighted by molar-refractivity contribution is 4.93. The maximum Gasteiger partial charge on any atom is 0.186 e. The van der Waals surface area contributed by atoms with Gasteiger partial charge < -0.3 is 61.6 Å². The number of hydrogen-bond donors (Lipinski definition) is 0. The van der Waals surface area contributed by atoms with Crippen molar-refractivity contribution in [3.05, 3.63) is 0 Å². The fraction of sp³-hybridized carbons (Fsp3) is 1.00. The molecule has 220 valence electrons. The molecule has 2 saturated heterocycles. The van der Waals surface area contributed by atoms with Gasteiger partial charge in [-0.25, -0.2) is 0 Å². The van der Waals surface area contributed by atoms with Gasteiger partial charge in [0.1, 0.15) is 48.8 Å². The van der Waals surface area contributed by atoms with Crippen molar-refractivity contribution in [1.82, 2.24) is 0 Å². The van der Waals surface area contributed by atoms with Crippen LogP contribution in [0.5, 0.6) is 0 Å². The highest BCUT2D eigenvalue weighted by Crippen LogP contribution is 2.29. The molecule has 2 aliphatic heterocycles. The van der Waals surface area contributed by atoms with Crippen molar-refractivity contribution >= 4 is 0 Å². The Bertz CT molecular complexity index is 537. The monoisotopic (exact) mass is 542 g/mol. The van der Waals surface area contributed by atoms with Crippen molar-refractivity contribution in [1.29, 1.82) is 0 Å². The van der Waals surface area contributed by atoms with Gasteiger partial charge in [0.25, 0.3) is 0 Å². The standard InChI is InChI=1S/C24H46O13/c1-25-17-15(36-23(31-7)21(29-5)19(17)27-3)13-34-11-9-33-10-12-35-14-16-18(26-2)20(28-4)22(30-6)24(32-8)37-16/h15-24H,9-14H2,1-8H3/t15-,16-,17-,18-,19+,20+,21+,22+,23+,24+/m1/s1. The van der Waals surface area contributed by atoms with Gasteiger partial charge >= 0.3 is 0 Å². The first-order chi connectivity index (χ1) is 18.0. The lowest BCUT2D eigenvalue weighted by Gasteiger charge is -2.44. The van der Waals surface area contributed by atoms with Crippen molar-refractivity contribution in [2.75, 3.05) is 96.5 Å². The van der Waals surface area contributed by atoms with Gasteiger partial charge in [-0.3, -0.25) is 0 Å². The van der Waals surface area contributed by atoms with Crippen molar-refractivity contribution in [2.45, 2.75) is 61.4 Å². The second kappa shape index (κ2) is 17.9. The molecule has 0 aromatic rings. The minimum atomic E-state index is -0.590. The lowest BCUT2D eigenvalue weighted by molar-refractivity contribution is -0.308. The molecule has 0 bridgehead atoms. The van der Waals surface area contributed by atoms with E-state index in [2.05, 4.69) is 0 Å². The van der Waals surface area contributed by atoms with Crippen LogP contribution in [0.2, 0.25) is 0 Å².